The largest absolute Gasteiger partial charge is 0.352 e. The van der Waals surface area contributed by atoms with Gasteiger partial charge in [0.2, 0.25) is 6.41 Å². The maximum Gasteiger partial charge on any atom is 0.253 e. The molecule has 0 atom stereocenters. The Labute approximate surface area is 160 Å². The van der Waals surface area contributed by atoms with Gasteiger partial charge in [-0.2, -0.15) is 0 Å². The second-order valence-corrected chi connectivity index (χ2v) is 7.13. The first kappa shape index (κ1) is 19.1. The highest BCUT2D eigenvalue weighted by Gasteiger charge is 2.22. The molecule has 0 bridgehead atoms. The van der Waals surface area contributed by atoms with E-state index in [4.69, 9.17) is 0 Å². The lowest BCUT2D eigenvalue weighted by atomic mass is 9.97. The molecule has 1 aromatic carbocycles. The molecule has 0 aromatic heterocycles. The molecule has 3 rings (SSSR count). The third-order valence-corrected chi connectivity index (χ3v) is 5.24. The number of amides is 3. The highest BCUT2D eigenvalue weighted by Crippen LogP contribution is 2.19. The third kappa shape index (κ3) is 5.18. The minimum absolute atomic E-state index is 0.0949. The molecule has 1 aliphatic carbocycles. The molecular formula is C21H27N3O3. The van der Waals surface area contributed by atoms with E-state index in [1.165, 1.54) is 18.4 Å². The smallest absolute Gasteiger partial charge is 0.253 e. The average molecular weight is 369 g/mol. The molecule has 27 heavy (non-hydrogen) atoms. The molecule has 1 fully saturated rings. The maximum atomic E-state index is 12.7. The summed E-state index contributed by atoms with van der Waals surface area (Å²) in [4.78, 5) is 39.3. The van der Waals surface area contributed by atoms with E-state index >= 15 is 0 Å². The van der Waals surface area contributed by atoms with Crippen molar-refractivity contribution in [1.29, 1.82) is 0 Å². The van der Waals surface area contributed by atoms with E-state index in [1.54, 1.807) is 34.1 Å². The summed E-state index contributed by atoms with van der Waals surface area (Å²) in [6.45, 7) is 2.75. The van der Waals surface area contributed by atoms with E-state index < -0.39 is 0 Å². The minimum atomic E-state index is -0.146. The fourth-order valence-corrected chi connectivity index (χ4v) is 3.58. The van der Waals surface area contributed by atoms with Gasteiger partial charge in [-0.1, -0.05) is 17.7 Å². The molecule has 3 amide bonds. The second kappa shape index (κ2) is 9.35. The zero-order chi connectivity index (χ0) is 19.1. The van der Waals surface area contributed by atoms with Gasteiger partial charge in [-0.3, -0.25) is 14.4 Å². The van der Waals surface area contributed by atoms with Gasteiger partial charge in [0, 0.05) is 43.9 Å². The zero-order valence-corrected chi connectivity index (χ0v) is 15.7. The maximum absolute atomic E-state index is 12.7. The summed E-state index contributed by atoms with van der Waals surface area (Å²) in [7, 11) is 0. The van der Waals surface area contributed by atoms with Crippen molar-refractivity contribution in [2.75, 3.05) is 32.7 Å². The number of nitrogens with zero attached hydrogens (tertiary/aromatic N) is 2. The summed E-state index contributed by atoms with van der Waals surface area (Å²) >= 11 is 0. The topological polar surface area (TPSA) is 69.7 Å². The van der Waals surface area contributed by atoms with E-state index in [0.717, 1.165) is 25.7 Å². The molecule has 2 aliphatic rings. The lowest BCUT2D eigenvalue weighted by Crippen LogP contribution is -2.48. The summed E-state index contributed by atoms with van der Waals surface area (Å²) in [5.41, 5.74) is 2.45. The predicted molar refractivity (Wildman–Crippen MR) is 103 cm³/mol. The van der Waals surface area contributed by atoms with Gasteiger partial charge in [-0.15, -0.1) is 0 Å². The molecule has 1 N–H and O–H groups in total. The number of piperazine rings is 1. The van der Waals surface area contributed by atoms with Gasteiger partial charge >= 0.3 is 0 Å². The van der Waals surface area contributed by atoms with Crippen LogP contribution >= 0.6 is 0 Å². The fraction of sp³-hybridized carbons (Fsp3) is 0.476. The number of hydrogen-bond donors (Lipinski definition) is 1. The Kier molecular flexibility index (Phi) is 6.63. The van der Waals surface area contributed by atoms with Crippen LogP contribution in [0.25, 0.3) is 0 Å². The van der Waals surface area contributed by atoms with Crippen molar-refractivity contribution in [2.45, 2.75) is 32.1 Å². The minimum Gasteiger partial charge on any atom is -0.352 e. The summed E-state index contributed by atoms with van der Waals surface area (Å²) in [5, 5.41) is 2.96. The zero-order valence-electron chi connectivity index (χ0n) is 15.7. The van der Waals surface area contributed by atoms with Crippen molar-refractivity contribution < 1.29 is 14.4 Å². The lowest BCUT2D eigenvalue weighted by molar-refractivity contribution is -0.119. The molecular weight excluding hydrogens is 342 g/mol. The van der Waals surface area contributed by atoms with E-state index in [2.05, 4.69) is 11.4 Å². The van der Waals surface area contributed by atoms with E-state index in [0.29, 0.717) is 43.9 Å². The Morgan fingerprint density at radius 2 is 1.85 bits per heavy atom. The van der Waals surface area contributed by atoms with Gasteiger partial charge in [0.25, 0.3) is 11.8 Å². The monoisotopic (exact) mass is 369 g/mol. The Hall–Kier alpha value is -2.63. The molecule has 6 nitrogen and oxygen atoms in total. The number of nitrogens with one attached hydrogen (secondary N) is 1. The molecule has 0 radical (unpaired) electrons. The summed E-state index contributed by atoms with van der Waals surface area (Å²) in [6.07, 6.45) is 8.79. The Balaban J connectivity index is 1.54. The molecule has 0 unspecified atom stereocenters. The number of carbonyl (C=O) groups is 3. The summed E-state index contributed by atoms with van der Waals surface area (Å²) < 4.78 is 0. The molecule has 1 aliphatic heterocycles. The average Bonchev–Trinajstić information content (AvgIpc) is 2.74. The van der Waals surface area contributed by atoms with Crippen molar-refractivity contribution >= 4 is 18.2 Å². The van der Waals surface area contributed by atoms with Gasteiger partial charge in [-0.05, 0) is 50.3 Å². The molecule has 0 spiro atoms. The summed E-state index contributed by atoms with van der Waals surface area (Å²) in [6, 6.07) is 6.87. The van der Waals surface area contributed by atoms with E-state index in [-0.39, 0.29) is 11.8 Å². The number of carbonyl (C=O) groups excluding carboxylic acids is 3. The van der Waals surface area contributed by atoms with Crippen molar-refractivity contribution in [1.82, 2.24) is 15.1 Å². The van der Waals surface area contributed by atoms with Gasteiger partial charge in [0.15, 0.2) is 0 Å². The lowest BCUT2D eigenvalue weighted by Gasteiger charge is -2.32. The Morgan fingerprint density at radius 1 is 1.07 bits per heavy atom. The SMILES string of the molecule is O=CN1CCN(C(=O)c2cccc(C(=O)NCCC3=CCCCC3)c2)CC1. The fourth-order valence-electron chi connectivity index (χ4n) is 3.58. The van der Waals surface area contributed by atoms with Crippen molar-refractivity contribution in [2.24, 2.45) is 0 Å². The van der Waals surface area contributed by atoms with E-state index in [9.17, 15) is 14.4 Å². The number of benzene rings is 1. The van der Waals surface area contributed by atoms with Gasteiger partial charge < -0.3 is 15.1 Å². The third-order valence-electron chi connectivity index (χ3n) is 5.24. The molecule has 1 heterocycles. The van der Waals surface area contributed by atoms with Crippen molar-refractivity contribution in [3.63, 3.8) is 0 Å². The van der Waals surface area contributed by atoms with Crippen molar-refractivity contribution in [3.8, 4) is 0 Å². The normalized spacial score (nSPS) is 17.3. The van der Waals surface area contributed by atoms with E-state index in [1.807, 2.05) is 0 Å². The first-order valence-electron chi connectivity index (χ1n) is 9.72. The number of hydrogen-bond acceptors (Lipinski definition) is 3. The highest BCUT2D eigenvalue weighted by molar-refractivity contribution is 5.99. The van der Waals surface area contributed by atoms with Crippen molar-refractivity contribution in [3.05, 3.63) is 47.0 Å². The van der Waals surface area contributed by atoms with Gasteiger partial charge in [0.1, 0.15) is 0 Å². The quantitative estimate of drug-likeness (QED) is 0.617. The number of rotatable bonds is 6. The number of allylic oxidation sites excluding steroid dienone is 1. The van der Waals surface area contributed by atoms with Gasteiger partial charge in [-0.25, -0.2) is 0 Å². The van der Waals surface area contributed by atoms with Crippen LogP contribution in [0.15, 0.2) is 35.9 Å². The van der Waals surface area contributed by atoms with Crippen LogP contribution in [0.2, 0.25) is 0 Å². The van der Waals surface area contributed by atoms with Crippen LogP contribution in [-0.2, 0) is 4.79 Å². The molecule has 1 saturated heterocycles. The van der Waals surface area contributed by atoms with Crippen LogP contribution in [0.1, 0.15) is 52.8 Å². The predicted octanol–water partition coefficient (Wildman–Crippen LogP) is 2.22. The molecule has 1 aromatic rings. The first-order chi connectivity index (χ1) is 13.2. The first-order valence-corrected chi connectivity index (χ1v) is 9.72. The van der Waals surface area contributed by atoms with Crippen LogP contribution in [0.3, 0.4) is 0 Å². The van der Waals surface area contributed by atoms with Gasteiger partial charge in [0.05, 0.1) is 0 Å². The van der Waals surface area contributed by atoms with Crippen LogP contribution in [0.4, 0.5) is 0 Å². The summed E-state index contributed by atoms with van der Waals surface area (Å²) in [5.74, 6) is -0.241. The molecule has 0 saturated carbocycles. The Morgan fingerprint density at radius 3 is 2.56 bits per heavy atom. The second-order valence-electron chi connectivity index (χ2n) is 7.13. The molecule has 144 valence electrons. The van der Waals surface area contributed by atoms with Crippen LogP contribution < -0.4 is 5.32 Å². The highest BCUT2D eigenvalue weighted by atomic mass is 16.2. The van der Waals surface area contributed by atoms with Crippen LogP contribution in [-0.4, -0.2) is 60.7 Å². The molecule has 6 heteroatoms. The van der Waals surface area contributed by atoms with Crippen LogP contribution in [0.5, 0.6) is 0 Å². The van der Waals surface area contributed by atoms with Crippen LogP contribution in [0, 0.1) is 0 Å². The standard InChI is InChI=1S/C21H27N3O3/c25-16-23-11-13-24(14-12-23)21(27)19-8-4-7-18(15-19)20(26)22-10-9-17-5-2-1-3-6-17/h4-5,7-8,15-16H,1-3,6,9-14H2,(H,22,26). The Bertz CT molecular complexity index is 721.